The molecule has 3 N–H and O–H groups in total. The van der Waals surface area contributed by atoms with E-state index >= 15 is 0 Å². The summed E-state index contributed by atoms with van der Waals surface area (Å²) in [6.07, 6.45) is 10.7. The van der Waals surface area contributed by atoms with Crippen molar-refractivity contribution in [2.45, 2.75) is 57.0 Å². The molecule has 1 aromatic heterocycles. The summed E-state index contributed by atoms with van der Waals surface area (Å²) in [5.74, 6) is -0.343. The first kappa shape index (κ1) is 14.0. The van der Waals surface area contributed by atoms with Crippen LogP contribution in [0.4, 0.5) is 0 Å². The van der Waals surface area contributed by atoms with Crippen molar-refractivity contribution < 1.29 is 4.79 Å². The lowest BCUT2D eigenvalue weighted by molar-refractivity contribution is -0.124. The van der Waals surface area contributed by atoms with Crippen LogP contribution in [0.3, 0.4) is 0 Å². The number of carbonyl (C=O) groups excluding carboxylic acids is 1. The summed E-state index contributed by atoms with van der Waals surface area (Å²) in [7, 11) is 0. The Kier molecular flexibility index (Phi) is 4.53. The van der Waals surface area contributed by atoms with E-state index in [-0.39, 0.29) is 5.91 Å². The highest BCUT2D eigenvalue weighted by Gasteiger charge is 2.35. The molecule has 2 rings (SSSR count). The average Bonchev–Trinajstić information content (AvgIpc) is 2.68. The van der Waals surface area contributed by atoms with Crippen LogP contribution in [-0.4, -0.2) is 16.9 Å². The van der Waals surface area contributed by atoms with Crippen LogP contribution < -0.4 is 11.1 Å². The van der Waals surface area contributed by atoms with Gasteiger partial charge in [-0.05, 0) is 31.4 Å². The first-order valence-corrected chi connectivity index (χ1v) is 7.11. The van der Waals surface area contributed by atoms with Crippen LogP contribution in [-0.2, 0) is 10.3 Å². The highest BCUT2D eigenvalue weighted by molar-refractivity contribution is 5.85. The second kappa shape index (κ2) is 6.15. The summed E-state index contributed by atoms with van der Waals surface area (Å²) in [6.45, 7) is 1.86. The molecule has 0 radical (unpaired) electrons. The van der Waals surface area contributed by atoms with Crippen molar-refractivity contribution in [3.05, 3.63) is 30.1 Å². The molecule has 1 aliphatic rings. The van der Waals surface area contributed by atoms with Crippen molar-refractivity contribution in [2.75, 3.05) is 0 Å². The Labute approximate surface area is 114 Å². The lowest BCUT2D eigenvalue weighted by atomic mass is 9.90. The fourth-order valence-electron chi connectivity index (χ4n) is 2.79. The van der Waals surface area contributed by atoms with Crippen LogP contribution in [0.1, 0.15) is 51.0 Å². The number of pyridine rings is 1. The lowest BCUT2D eigenvalue weighted by Crippen LogP contribution is -2.54. The maximum atomic E-state index is 11.9. The predicted octanol–water partition coefficient (Wildman–Crippen LogP) is 2.09. The van der Waals surface area contributed by atoms with Gasteiger partial charge < -0.3 is 5.73 Å². The molecule has 4 heteroatoms. The lowest BCUT2D eigenvalue weighted by Gasteiger charge is -2.32. The molecule has 104 valence electrons. The van der Waals surface area contributed by atoms with E-state index in [0.29, 0.717) is 6.04 Å². The molecule has 0 aliphatic heterocycles. The SMILES string of the molecule is CC(NC1CCCCCC1)(C(N)=O)c1cccnc1. The van der Waals surface area contributed by atoms with E-state index in [1.165, 1.54) is 25.7 Å². The van der Waals surface area contributed by atoms with Crippen LogP contribution in [0.25, 0.3) is 0 Å². The molecule has 1 unspecified atom stereocenters. The normalized spacial score (nSPS) is 20.5. The average molecular weight is 261 g/mol. The molecule has 0 spiro atoms. The Morgan fingerprint density at radius 2 is 2.05 bits per heavy atom. The van der Waals surface area contributed by atoms with Gasteiger partial charge in [0.25, 0.3) is 0 Å². The number of nitrogens with one attached hydrogen (secondary N) is 1. The fourth-order valence-corrected chi connectivity index (χ4v) is 2.79. The Hall–Kier alpha value is -1.42. The number of aromatic nitrogens is 1. The molecule has 1 saturated carbocycles. The monoisotopic (exact) mass is 261 g/mol. The van der Waals surface area contributed by atoms with Crippen molar-refractivity contribution in [1.82, 2.24) is 10.3 Å². The Morgan fingerprint density at radius 1 is 1.37 bits per heavy atom. The maximum Gasteiger partial charge on any atom is 0.242 e. The van der Waals surface area contributed by atoms with Gasteiger partial charge in [0.1, 0.15) is 5.54 Å². The summed E-state index contributed by atoms with van der Waals surface area (Å²) in [4.78, 5) is 16.0. The predicted molar refractivity (Wildman–Crippen MR) is 75.4 cm³/mol. The maximum absolute atomic E-state index is 11.9. The van der Waals surface area contributed by atoms with E-state index in [2.05, 4.69) is 10.3 Å². The fraction of sp³-hybridized carbons (Fsp3) is 0.600. The molecule has 1 aliphatic carbocycles. The topological polar surface area (TPSA) is 68.0 Å². The summed E-state index contributed by atoms with van der Waals surface area (Å²) < 4.78 is 0. The van der Waals surface area contributed by atoms with Gasteiger partial charge in [-0.15, -0.1) is 0 Å². The molecule has 0 saturated heterocycles. The number of amides is 1. The van der Waals surface area contributed by atoms with Crippen molar-refractivity contribution in [3.63, 3.8) is 0 Å². The van der Waals surface area contributed by atoms with E-state index < -0.39 is 5.54 Å². The Morgan fingerprint density at radius 3 is 2.58 bits per heavy atom. The van der Waals surface area contributed by atoms with Crippen molar-refractivity contribution in [2.24, 2.45) is 5.73 Å². The molecule has 0 aromatic carbocycles. The van der Waals surface area contributed by atoms with E-state index in [9.17, 15) is 4.79 Å². The second-order valence-corrected chi connectivity index (χ2v) is 5.56. The number of rotatable bonds is 4. The van der Waals surface area contributed by atoms with E-state index in [1.807, 2.05) is 19.1 Å². The summed E-state index contributed by atoms with van der Waals surface area (Å²) >= 11 is 0. The van der Waals surface area contributed by atoms with E-state index in [1.54, 1.807) is 12.4 Å². The summed E-state index contributed by atoms with van der Waals surface area (Å²) in [5.41, 5.74) is 5.64. The molecule has 1 fully saturated rings. The highest BCUT2D eigenvalue weighted by atomic mass is 16.1. The molecule has 0 bridgehead atoms. The molecule has 1 atom stereocenters. The van der Waals surface area contributed by atoms with Gasteiger partial charge in [-0.2, -0.15) is 0 Å². The minimum absolute atomic E-state index is 0.343. The van der Waals surface area contributed by atoms with E-state index in [4.69, 9.17) is 5.73 Å². The van der Waals surface area contributed by atoms with Gasteiger partial charge in [0.15, 0.2) is 0 Å². The van der Waals surface area contributed by atoms with Crippen molar-refractivity contribution in [1.29, 1.82) is 0 Å². The highest BCUT2D eigenvalue weighted by Crippen LogP contribution is 2.25. The third-order valence-corrected chi connectivity index (χ3v) is 4.08. The second-order valence-electron chi connectivity index (χ2n) is 5.56. The third kappa shape index (κ3) is 3.32. The first-order chi connectivity index (χ1) is 9.13. The Bertz CT molecular complexity index is 413. The minimum Gasteiger partial charge on any atom is -0.368 e. The molecular formula is C15H23N3O. The number of primary amides is 1. The zero-order valence-electron chi connectivity index (χ0n) is 11.6. The number of carbonyl (C=O) groups is 1. The summed E-state index contributed by atoms with van der Waals surface area (Å²) in [5, 5.41) is 3.47. The molecule has 1 amide bonds. The smallest absolute Gasteiger partial charge is 0.242 e. The largest absolute Gasteiger partial charge is 0.368 e. The van der Waals surface area contributed by atoms with Gasteiger partial charge in [-0.25, -0.2) is 0 Å². The number of hydrogen-bond acceptors (Lipinski definition) is 3. The van der Waals surface area contributed by atoms with Gasteiger partial charge in [0, 0.05) is 18.4 Å². The zero-order valence-corrected chi connectivity index (χ0v) is 11.6. The van der Waals surface area contributed by atoms with Crippen LogP contribution >= 0.6 is 0 Å². The molecule has 1 heterocycles. The van der Waals surface area contributed by atoms with Crippen LogP contribution in [0.5, 0.6) is 0 Å². The van der Waals surface area contributed by atoms with Crippen LogP contribution in [0, 0.1) is 0 Å². The summed E-state index contributed by atoms with van der Waals surface area (Å²) in [6, 6.07) is 4.10. The quantitative estimate of drug-likeness (QED) is 0.816. The van der Waals surface area contributed by atoms with Crippen molar-refractivity contribution >= 4 is 5.91 Å². The number of hydrogen-bond donors (Lipinski definition) is 2. The van der Waals surface area contributed by atoms with Gasteiger partial charge >= 0.3 is 0 Å². The van der Waals surface area contributed by atoms with Gasteiger partial charge in [-0.3, -0.25) is 15.1 Å². The number of nitrogens with zero attached hydrogens (tertiary/aromatic N) is 1. The van der Waals surface area contributed by atoms with E-state index in [0.717, 1.165) is 18.4 Å². The molecule has 4 nitrogen and oxygen atoms in total. The van der Waals surface area contributed by atoms with Gasteiger partial charge in [0.05, 0.1) is 0 Å². The zero-order chi connectivity index (χ0) is 13.7. The standard InChI is InChI=1S/C15H23N3O/c1-15(14(16)19,12-7-6-10-17-11-12)18-13-8-4-2-3-5-9-13/h6-7,10-11,13,18H,2-5,8-9H2,1H3,(H2,16,19). The number of nitrogens with two attached hydrogens (primary N) is 1. The Balaban J connectivity index is 2.17. The van der Waals surface area contributed by atoms with Crippen LogP contribution in [0.15, 0.2) is 24.5 Å². The van der Waals surface area contributed by atoms with Gasteiger partial charge in [0.2, 0.25) is 5.91 Å². The van der Waals surface area contributed by atoms with Crippen molar-refractivity contribution in [3.8, 4) is 0 Å². The third-order valence-electron chi connectivity index (χ3n) is 4.08. The molecule has 19 heavy (non-hydrogen) atoms. The molecular weight excluding hydrogens is 238 g/mol. The molecule has 1 aromatic rings. The first-order valence-electron chi connectivity index (χ1n) is 7.11. The van der Waals surface area contributed by atoms with Crippen LogP contribution in [0.2, 0.25) is 0 Å². The van der Waals surface area contributed by atoms with Gasteiger partial charge in [-0.1, -0.05) is 31.7 Å². The minimum atomic E-state index is -0.830.